The number of hydrogen-bond acceptors (Lipinski definition) is 2. The van der Waals surface area contributed by atoms with Gasteiger partial charge in [-0.15, -0.1) is 0 Å². The minimum absolute atomic E-state index is 0.727. The number of hydrogen-bond donors (Lipinski definition) is 0. The molecule has 1 rings (SSSR count). The first-order valence-corrected chi connectivity index (χ1v) is 8.02. The van der Waals surface area contributed by atoms with E-state index in [-0.39, 0.29) is 0 Å². The highest BCUT2D eigenvalue weighted by Gasteiger charge is 2.95. The Hall–Kier alpha value is -1.36. The van der Waals surface area contributed by atoms with Crippen molar-refractivity contribution in [2.45, 2.75) is 59.7 Å². The normalized spacial score (nSPS) is 20.9. The molecule has 19 heteroatoms. The molecule has 0 N–H and O–H groups in total. The van der Waals surface area contributed by atoms with Gasteiger partial charge in [0.2, 0.25) is 0 Å². The Morgan fingerprint density at radius 1 is 0.625 bits per heavy atom. The van der Waals surface area contributed by atoms with E-state index >= 15 is 0 Å². The zero-order valence-corrected chi connectivity index (χ0v) is 15.2. The maximum Gasteiger partial charge on any atom is 0.393 e. The van der Waals surface area contributed by atoms with Crippen LogP contribution in [0.5, 0.6) is 0 Å². The standard InChI is InChI=1S/C13H7ClF16O2/c14-13(29,30)12(27,28)11(25,26)10(23,24)9(21,22)8(19,20)7(17,18)6(15,16)4-2-1-3-32-5(4)31/h4H,1-3H2. The van der Waals surface area contributed by atoms with E-state index in [1.165, 1.54) is 0 Å². The molecule has 0 saturated carbocycles. The summed E-state index contributed by atoms with van der Waals surface area (Å²) in [6.45, 7) is -0.727. The molecule has 1 heterocycles. The smallest absolute Gasteiger partial charge is 0.393 e. The number of rotatable bonds is 8. The molecule has 1 saturated heterocycles. The van der Waals surface area contributed by atoms with Crippen LogP contribution in [0.4, 0.5) is 70.2 Å². The van der Waals surface area contributed by atoms with Crippen LogP contribution < -0.4 is 0 Å². The van der Waals surface area contributed by atoms with Crippen molar-refractivity contribution in [1.82, 2.24) is 0 Å². The largest absolute Gasteiger partial charge is 0.465 e. The summed E-state index contributed by atoms with van der Waals surface area (Å²) in [5.74, 6) is -62.0. The van der Waals surface area contributed by atoms with Crippen LogP contribution in [0.2, 0.25) is 0 Å². The van der Waals surface area contributed by atoms with Gasteiger partial charge >= 0.3 is 52.8 Å². The van der Waals surface area contributed by atoms with Gasteiger partial charge in [0, 0.05) is 0 Å². The highest BCUT2D eigenvalue weighted by Crippen LogP contribution is 2.65. The lowest BCUT2D eigenvalue weighted by Gasteiger charge is -2.44. The summed E-state index contributed by atoms with van der Waals surface area (Å²) in [5.41, 5.74) is 0. The lowest BCUT2D eigenvalue weighted by molar-refractivity contribution is -0.451. The van der Waals surface area contributed by atoms with E-state index < -0.39 is 78.2 Å². The third kappa shape index (κ3) is 3.54. The van der Waals surface area contributed by atoms with Crippen molar-refractivity contribution < 1.29 is 79.8 Å². The lowest BCUT2D eigenvalue weighted by Crippen LogP contribution is -2.75. The van der Waals surface area contributed by atoms with Gasteiger partial charge in [0.25, 0.3) is 0 Å². The SMILES string of the molecule is O=C1OCCCC1C(F)(F)C(F)(F)C(F)(F)C(F)(F)C(F)(F)C(F)(F)C(F)(F)C(F)(F)Cl. The molecule has 0 radical (unpaired) electrons. The van der Waals surface area contributed by atoms with Gasteiger partial charge in [-0.3, -0.25) is 4.79 Å². The Morgan fingerprint density at radius 3 is 1.31 bits per heavy atom. The van der Waals surface area contributed by atoms with Gasteiger partial charge in [-0.2, -0.15) is 70.2 Å². The summed E-state index contributed by atoms with van der Waals surface area (Å²) in [5, 5.41) is -6.83. The summed E-state index contributed by atoms with van der Waals surface area (Å²) in [6, 6.07) is 0. The molecule has 1 aliphatic heterocycles. The fourth-order valence-electron chi connectivity index (χ4n) is 2.40. The van der Waals surface area contributed by atoms with Crippen LogP contribution >= 0.6 is 11.6 Å². The quantitative estimate of drug-likeness (QED) is 0.210. The van der Waals surface area contributed by atoms with Crippen LogP contribution in [0.25, 0.3) is 0 Å². The zero-order chi connectivity index (χ0) is 26.0. The van der Waals surface area contributed by atoms with Gasteiger partial charge in [0.15, 0.2) is 0 Å². The highest BCUT2D eigenvalue weighted by molar-refractivity contribution is 6.22. The summed E-state index contributed by atoms with van der Waals surface area (Å²) in [7, 11) is 0. The summed E-state index contributed by atoms with van der Waals surface area (Å²) >= 11 is 3.41. The maximum absolute atomic E-state index is 13.9. The fraction of sp³-hybridized carbons (Fsp3) is 0.923. The number of cyclic esters (lactones) is 1. The lowest BCUT2D eigenvalue weighted by atomic mass is 9.83. The summed E-state index contributed by atoms with van der Waals surface area (Å²) in [6.07, 6.45) is -2.19. The van der Waals surface area contributed by atoms with Crippen LogP contribution in [-0.4, -0.2) is 59.4 Å². The van der Waals surface area contributed by atoms with E-state index in [0.29, 0.717) is 0 Å². The van der Waals surface area contributed by atoms with Gasteiger partial charge < -0.3 is 4.74 Å². The van der Waals surface area contributed by atoms with E-state index in [1.807, 2.05) is 0 Å². The number of halogens is 17. The second-order valence-corrected chi connectivity index (χ2v) is 6.90. The first kappa shape index (κ1) is 28.7. The van der Waals surface area contributed by atoms with Gasteiger partial charge in [0.1, 0.15) is 5.92 Å². The van der Waals surface area contributed by atoms with Crippen molar-refractivity contribution >= 4 is 17.6 Å². The Balaban J connectivity index is 3.63. The highest BCUT2D eigenvalue weighted by atomic mass is 35.5. The second kappa shape index (κ2) is 7.58. The van der Waals surface area contributed by atoms with Gasteiger partial charge in [0.05, 0.1) is 6.61 Å². The molecule has 0 amide bonds. The monoisotopic (exact) mass is 534 g/mol. The van der Waals surface area contributed by atoms with Crippen LogP contribution in [0, 0.1) is 5.92 Å². The van der Waals surface area contributed by atoms with E-state index in [9.17, 15) is 75.0 Å². The van der Waals surface area contributed by atoms with Crippen molar-refractivity contribution in [2.24, 2.45) is 5.92 Å². The molecule has 0 aromatic heterocycles. The van der Waals surface area contributed by atoms with Gasteiger partial charge in [-0.25, -0.2) is 0 Å². The van der Waals surface area contributed by atoms with Crippen molar-refractivity contribution in [2.75, 3.05) is 6.61 Å². The number of ether oxygens (including phenoxy) is 1. The van der Waals surface area contributed by atoms with Crippen molar-refractivity contribution in [3.8, 4) is 0 Å². The molecule has 1 fully saturated rings. The van der Waals surface area contributed by atoms with E-state index in [0.717, 1.165) is 0 Å². The molecule has 0 aromatic rings. The van der Waals surface area contributed by atoms with E-state index in [4.69, 9.17) is 0 Å². The molecule has 190 valence electrons. The second-order valence-electron chi connectivity index (χ2n) is 6.43. The van der Waals surface area contributed by atoms with Crippen LogP contribution in [0.3, 0.4) is 0 Å². The van der Waals surface area contributed by atoms with Gasteiger partial charge in [-0.1, -0.05) is 0 Å². The molecular weight excluding hydrogens is 528 g/mol. The maximum atomic E-state index is 13.9. The molecule has 0 aromatic carbocycles. The van der Waals surface area contributed by atoms with E-state index in [2.05, 4.69) is 16.3 Å². The summed E-state index contributed by atoms with van der Waals surface area (Å²) < 4.78 is 217. The first-order chi connectivity index (χ1) is 13.8. The zero-order valence-electron chi connectivity index (χ0n) is 14.4. The number of esters is 1. The average Bonchev–Trinajstić information content (AvgIpc) is 2.59. The number of carbonyl (C=O) groups is 1. The van der Waals surface area contributed by atoms with Crippen LogP contribution in [0.1, 0.15) is 12.8 Å². The fourth-order valence-corrected chi connectivity index (χ4v) is 2.52. The molecule has 1 atom stereocenters. The predicted octanol–water partition coefficient (Wildman–Crippen LogP) is 6.22. The molecule has 0 aliphatic carbocycles. The third-order valence-corrected chi connectivity index (χ3v) is 4.59. The molecular formula is C13H7ClF16O2. The Bertz CT molecular complexity index is 728. The molecule has 1 aliphatic rings. The first-order valence-electron chi connectivity index (χ1n) is 7.65. The minimum Gasteiger partial charge on any atom is -0.465 e. The molecule has 1 unspecified atom stereocenters. The van der Waals surface area contributed by atoms with Crippen molar-refractivity contribution in [3.63, 3.8) is 0 Å². The minimum atomic E-state index is -8.54. The Morgan fingerprint density at radius 2 is 0.969 bits per heavy atom. The predicted molar refractivity (Wildman–Crippen MR) is 69.1 cm³/mol. The van der Waals surface area contributed by atoms with Crippen molar-refractivity contribution in [3.05, 3.63) is 0 Å². The molecule has 32 heavy (non-hydrogen) atoms. The topological polar surface area (TPSA) is 26.3 Å². The number of alkyl halides is 17. The Labute approximate surface area is 170 Å². The van der Waals surface area contributed by atoms with Crippen molar-refractivity contribution in [1.29, 1.82) is 0 Å². The number of carbonyl (C=O) groups excluding carboxylic acids is 1. The molecule has 0 spiro atoms. The summed E-state index contributed by atoms with van der Waals surface area (Å²) in [4.78, 5) is 11.1. The molecule has 2 nitrogen and oxygen atoms in total. The Kier molecular flexibility index (Phi) is 6.79. The van der Waals surface area contributed by atoms with Crippen LogP contribution in [0.15, 0.2) is 0 Å². The third-order valence-electron chi connectivity index (χ3n) is 4.35. The van der Waals surface area contributed by atoms with E-state index in [1.54, 1.807) is 0 Å². The van der Waals surface area contributed by atoms with Gasteiger partial charge in [-0.05, 0) is 24.4 Å². The average molecular weight is 535 g/mol. The molecule has 0 bridgehead atoms. The van der Waals surface area contributed by atoms with Crippen LogP contribution in [-0.2, 0) is 9.53 Å².